The number of likely N-dealkylation sites (N-methyl/N-ethyl adjacent to an activating group) is 1. The average molecular weight is 154 g/mol. The van der Waals surface area contributed by atoms with E-state index in [0.717, 1.165) is 18.0 Å². The number of nitrogens with one attached hydrogen (secondary N) is 1. The zero-order valence-electron chi connectivity index (χ0n) is 7.51. The summed E-state index contributed by atoms with van der Waals surface area (Å²) in [6.45, 7) is 4.86. The first-order valence-electron chi connectivity index (χ1n) is 4.70. The summed E-state index contributed by atoms with van der Waals surface area (Å²) < 4.78 is 0. The molecule has 2 fully saturated rings. The second-order valence-corrected chi connectivity index (χ2v) is 4.23. The second kappa shape index (κ2) is 2.76. The van der Waals surface area contributed by atoms with Gasteiger partial charge in [0.2, 0.25) is 0 Å². The van der Waals surface area contributed by atoms with Crippen molar-refractivity contribution in [1.29, 1.82) is 0 Å². The number of likely N-dealkylation sites (tertiary alicyclic amines) is 1. The van der Waals surface area contributed by atoms with E-state index in [1.807, 2.05) is 0 Å². The maximum absolute atomic E-state index is 3.69. The predicted octanol–water partition coefficient (Wildman–Crippen LogP) is 0.688. The minimum Gasteiger partial charge on any atom is -0.310 e. The van der Waals surface area contributed by atoms with Crippen LogP contribution in [0.5, 0.6) is 0 Å². The van der Waals surface area contributed by atoms with Crippen molar-refractivity contribution < 1.29 is 0 Å². The fraction of sp³-hybridized carbons (Fsp3) is 1.00. The summed E-state index contributed by atoms with van der Waals surface area (Å²) >= 11 is 0. The highest BCUT2D eigenvalue weighted by Gasteiger charge is 2.35. The molecular weight excluding hydrogens is 136 g/mol. The lowest BCUT2D eigenvalue weighted by Crippen LogP contribution is -2.33. The Morgan fingerprint density at radius 3 is 2.64 bits per heavy atom. The van der Waals surface area contributed by atoms with Crippen LogP contribution in [0.1, 0.15) is 19.8 Å². The van der Waals surface area contributed by atoms with E-state index < -0.39 is 0 Å². The van der Waals surface area contributed by atoms with E-state index in [9.17, 15) is 0 Å². The molecule has 3 atom stereocenters. The minimum atomic E-state index is 0.787. The number of rotatable bonds is 2. The highest BCUT2D eigenvalue weighted by atomic mass is 15.2. The summed E-state index contributed by atoms with van der Waals surface area (Å²) in [6, 6.07) is 1.64. The van der Waals surface area contributed by atoms with Gasteiger partial charge in [0.1, 0.15) is 0 Å². The van der Waals surface area contributed by atoms with Gasteiger partial charge in [-0.2, -0.15) is 0 Å². The summed E-state index contributed by atoms with van der Waals surface area (Å²) in [4.78, 5) is 2.41. The van der Waals surface area contributed by atoms with Crippen molar-refractivity contribution in [1.82, 2.24) is 10.2 Å². The van der Waals surface area contributed by atoms with Crippen molar-refractivity contribution in [2.75, 3.05) is 20.1 Å². The molecular formula is C9H18N2. The molecule has 1 saturated heterocycles. The van der Waals surface area contributed by atoms with Crippen LogP contribution in [0.3, 0.4) is 0 Å². The molecule has 0 aromatic rings. The lowest BCUT2D eigenvalue weighted by molar-refractivity contribution is 0.396. The molecule has 0 spiro atoms. The van der Waals surface area contributed by atoms with E-state index in [2.05, 4.69) is 24.2 Å². The zero-order chi connectivity index (χ0) is 7.84. The first kappa shape index (κ1) is 7.56. The van der Waals surface area contributed by atoms with Crippen molar-refractivity contribution in [2.24, 2.45) is 5.92 Å². The number of hydrogen-bond donors (Lipinski definition) is 1. The Morgan fingerprint density at radius 1 is 1.45 bits per heavy atom. The second-order valence-electron chi connectivity index (χ2n) is 4.23. The van der Waals surface area contributed by atoms with Gasteiger partial charge in [-0.1, -0.05) is 6.92 Å². The van der Waals surface area contributed by atoms with Crippen LogP contribution >= 0.6 is 0 Å². The van der Waals surface area contributed by atoms with Gasteiger partial charge in [-0.15, -0.1) is 0 Å². The van der Waals surface area contributed by atoms with Gasteiger partial charge in [-0.05, 0) is 32.4 Å². The highest BCUT2D eigenvalue weighted by Crippen LogP contribution is 2.30. The summed E-state index contributed by atoms with van der Waals surface area (Å²) in [5.74, 6) is 0.945. The molecule has 0 bridgehead atoms. The molecule has 2 rings (SSSR count). The third kappa shape index (κ3) is 1.74. The van der Waals surface area contributed by atoms with Crippen molar-refractivity contribution >= 4 is 0 Å². The van der Waals surface area contributed by atoms with Gasteiger partial charge < -0.3 is 10.2 Å². The molecule has 2 aliphatic rings. The summed E-state index contributed by atoms with van der Waals surface area (Å²) in [5.41, 5.74) is 0. The Hall–Kier alpha value is -0.0800. The first-order valence-corrected chi connectivity index (χ1v) is 4.70. The Bertz CT molecular complexity index is 146. The van der Waals surface area contributed by atoms with Gasteiger partial charge in [-0.25, -0.2) is 0 Å². The molecule has 1 aliphatic carbocycles. The monoisotopic (exact) mass is 154 g/mol. The molecule has 0 aromatic heterocycles. The van der Waals surface area contributed by atoms with Crippen molar-refractivity contribution in [3.63, 3.8) is 0 Å². The first-order chi connectivity index (χ1) is 5.25. The highest BCUT2D eigenvalue weighted by molar-refractivity contribution is 4.94. The Labute approximate surface area is 69.0 Å². The maximum Gasteiger partial charge on any atom is 0.0209 e. The van der Waals surface area contributed by atoms with Gasteiger partial charge in [0.15, 0.2) is 0 Å². The Kier molecular flexibility index (Phi) is 1.90. The van der Waals surface area contributed by atoms with E-state index in [4.69, 9.17) is 0 Å². The van der Waals surface area contributed by atoms with Crippen LogP contribution in [0.15, 0.2) is 0 Å². The zero-order valence-corrected chi connectivity index (χ0v) is 7.51. The molecule has 0 radical (unpaired) electrons. The number of nitrogens with zero attached hydrogens (tertiary/aromatic N) is 1. The third-order valence-corrected chi connectivity index (χ3v) is 2.95. The largest absolute Gasteiger partial charge is 0.310 e. The molecule has 0 aromatic carbocycles. The molecule has 1 N–H and O–H groups in total. The SMILES string of the molecule is CC1CC1NC1CCN(C)C1. The summed E-state index contributed by atoms with van der Waals surface area (Å²) in [6.07, 6.45) is 2.75. The lowest BCUT2D eigenvalue weighted by Gasteiger charge is -2.11. The van der Waals surface area contributed by atoms with Crippen molar-refractivity contribution in [3.05, 3.63) is 0 Å². The van der Waals surface area contributed by atoms with Crippen LogP contribution in [-0.4, -0.2) is 37.1 Å². The van der Waals surface area contributed by atoms with Gasteiger partial charge in [0.05, 0.1) is 0 Å². The van der Waals surface area contributed by atoms with Gasteiger partial charge in [-0.3, -0.25) is 0 Å². The average Bonchev–Trinajstić information content (AvgIpc) is 2.42. The number of hydrogen-bond acceptors (Lipinski definition) is 2. The van der Waals surface area contributed by atoms with E-state index in [0.29, 0.717) is 0 Å². The fourth-order valence-corrected chi connectivity index (χ4v) is 1.93. The van der Waals surface area contributed by atoms with Crippen LogP contribution in [0.25, 0.3) is 0 Å². The molecule has 2 nitrogen and oxygen atoms in total. The third-order valence-electron chi connectivity index (χ3n) is 2.95. The van der Waals surface area contributed by atoms with Gasteiger partial charge in [0, 0.05) is 18.6 Å². The smallest absolute Gasteiger partial charge is 0.0209 e. The van der Waals surface area contributed by atoms with Crippen molar-refractivity contribution in [2.45, 2.75) is 31.8 Å². The molecule has 1 saturated carbocycles. The van der Waals surface area contributed by atoms with Gasteiger partial charge >= 0.3 is 0 Å². The molecule has 1 aliphatic heterocycles. The maximum atomic E-state index is 3.69. The van der Waals surface area contributed by atoms with E-state index in [-0.39, 0.29) is 0 Å². The summed E-state index contributed by atoms with van der Waals surface area (Å²) in [5, 5.41) is 3.69. The minimum absolute atomic E-state index is 0.787. The molecule has 0 amide bonds. The van der Waals surface area contributed by atoms with Crippen LogP contribution in [0, 0.1) is 5.92 Å². The Balaban J connectivity index is 1.71. The van der Waals surface area contributed by atoms with Gasteiger partial charge in [0.25, 0.3) is 0 Å². The van der Waals surface area contributed by atoms with E-state index >= 15 is 0 Å². The van der Waals surface area contributed by atoms with Crippen LogP contribution < -0.4 is 5.32 Å². The quantitative estimate of drug-likeness (QED) is 0.629. The summed E-state index contributed by atoms with van der Waals surface area (Å²) in [7, 11) is 2.21. The molecule has 64 valence electrons. The van der Waals surface area contributed by atoms with Crippen molar-refractivity contribution in [3.8, 4) is 0 Å². The van der Waals surface area contributed by atoms with Crippen LogP contribution in [0.4, 0.5) is 0 Å². The molecule has 11 heavy (non-hydrogen) atoms. The van der Waals surface area contributed by atoms with Crippen LogP contribution in [-0.2, 0) is 0 Å². The molecule has 1 heterocycles. The van der Waals surface area contributed by atoms with E-state index in [1.165, 1.54) is 25.9 Å². The fourth-order valence-electron chi connectivity index (χ4n) is 1.93. The molecule has 3 unspecified atom stereocenters. The normalized spacial score (nSPS) is 44.7. The lowest BCUT2D eigenvalue weighted by atomic mass is 10.2. The predicted molar refractivity (Wildman–Crippen MR) is 46.6 cm³/mol. The topological polar surface area (TPSA) is 15.3 Å². The van der Waals surface area contributed by atoms with E-state index in [1.54, 1.807) is 0 Å². The standard InChI is InChI=1S/C9H18N2/c1-7-5-9(7)10-8-3-4-11(2)6-8/h7-10H,3-6H2,1-2H3. The van der Waals surface area contributed by atoms with Crippen LogP contribution in [0.2, 0.25) is 0 Å². The Morgan fingerprint density at radius 2 is 2.18 bits per heavy atom. The molecule has 2 heteroatoms.